The monoisotopic (exact) mass is 297 g/mol. The van der Waals surface area contributed by atoms with E-state index in [1.807, 2.05) is 0 Å². The summed E-state index contributed by atoms with van der Waals surface area (Å²) in [6.07, 6.45) is 5.35. The lowest BCUT2D eigenvalue weighted by Gasteiger charge is -2.08. The number of amides is 2. The third-order valence-electron chi connectivity index (χ3n) is 2.97. The molecule has 0 fully saturated rings. The summed E-state index contributed by atoms with van der Waals surface area (Å²) in [5, 5.41) is 15.8. The van der Waals surface area contributed by atoms with Crippen LogP contribution in [0.15, 0.2) is 18.2 Å². The van der Waals surface area contributed by atoms with Crippen LogP contribution in [0.2, 0.25) is 0 Å². The average Bonchev–Trinajstić information content (AvgIpc) is 2.44. The van der Waals surface area contributed by atoms with E-state index in [4.69, 9.17) is 0 Å². The lowest BCUT2D eigenvalue weighted by atomic mass is 10.1. The largest absolute Gasteiger partial charge is 0.338 e. The maximum Gasteiger partial charge on any atom is 0.319 e. The summed E-state index contributed by atoms with van der Waals surface area (Å²) in [6, 6.07) is 2.49. The second-order valence-corrected chi connectivity index (χ2v) is 4.71. The molecule has 6 nitrogen and oxygen atoms in total. The molecule has 0 aliphatic carbocycles. The van der Waals surface area contributed by atoms with Gasteiger partial charge in [0.15, 0.2) is 0 Å². The highest BCUT2D eigenvalue weighted by Gasteiger charge is 2.16. The maximum atomic E-state index is 13.0. The molecule has 1 aromatic carbocycles. The van der Waals surface area contributed by atoms with Gasteiger partial charge in [-0.25, -0.2) is 9.18 Å². The highest BCUT2D eigenvalue weighted by atomic mass is 19.1. The number of nitrogens with zero attached hydrogens (tertiary/aromatic N) is 1. The smallest absolute Gasteiger partial charge is 0.319 e. The summed E-state index contributed by atoms with van der Waals surface area (Å²) < 4.78 is 13.0. The number of anilines is 1. The quantitative estimate of drug-likeness (QED) is 0.434. The van der Waals surface area contributed by atoms with Crippen molar-refractivity contribution in [3.05, 3.63) is 34.1 Å². The van der Waals surface area contributed by atoms with E-state index >= 15 is 0 Å². The van der Waals surface area contributed by atoms with Crippen LogP contribution in [0, 0.1) is 15.9 Å². The molecule has 0 heterocycles. The third-order valence-corrected chi connectivity index (χ3v) is 2.97. The minimum atomic E-state index is -0.733. The van der Waals surface area contributed by atoms with Crippen LogP contribution in [0.1, 0.15) is 39.0 Å². The van der Waals surface area contributed by atoms with Crippen molar-refractivity contribution in [3.63, 3.8) is 0 Å². The van der Waals surface area contributed by atoms with Gasteiger partial charge in [0.1, 0.15) is 11.5 Å². The Morgan fingerprint density at radius 2 is 2.00 bits per heavy atom. The first-order chi connectivity index (χ1) is 10.0. The fraction of sp³-hybridized carbons (Fsp3) is 0.500. The Bertz CT molecular complexity index is 494. The number of carbonyl (C=O) groups is 1. The lowest BCUT2D eigenvalue weighted by Crippen LogP contribution is -2.29. The van der Waals surface area contributed by atoms with Crippen molar-refractivity contribution in [2.45, 2.75) is 39.0 Å². The summed E-state index contributed by atoms with van der Waals surface area (Å²) >= 11 is 0. The Labute approximate surface area is 122 Å². The van der Waals surface area contributed by atoms with E-state index in [-0.39, 0.29) is 5.69 Å². The molecular formula is C14H20FN3O3. The second kappa shape index (κ2) is 8.89. The van der Waals surface area contributed by atoms with Crippen molar-refractivity contribution in [1.29, 1.82) is 0 Å². The minimum Gasteiger partial charge on any atom is -0.338 e. The molecule has 0 aliphatic heterocycles. The Hall–Kier alpha value is -2.18. The molecule has 0 saturated carbocycles. The zero-order valence-electron chi connectivity index (χ0n) is 12.0. The number of hydrogen-bond acceptors (Lipinski definition) is 3. The molecule has 0 bridgehead atoms. The number of unbranched alkanes of at least 4 members (excludes halogenated alkanes) is 4. The molecule has 0 unspecified atom stereocenters. The van der Waals surface area contributed by atoms with E-state index in [9.17, 15) is 19.3 Å². The summed E-state index contributed by atoms with van der Waals surface area (Å²) in [6.45, 7) is 2.63. The lowest BCUT2D eigenvalue weighted by molar-refractivity contribution is -0.384. The van der Waals surface area contributed by atoms with Crippen LogP contribution < -0.4 is 10.6 Å². The first-order valence-electron chi connectivity index (χ1n) is 7.03. The van der Waals surface area contributed by atoms with Gasteiger partial charge in [-0.1, -0.05) is 32.6 Å². The molecule has 0 saturated heterocycles. The van der Waals surface area contributed by atoms with Gasteiger partial charge in [-0.05, 0) is 18.6 Å². The van der Waals surface area contributed by atoms with Crippen molar-refractivity contribution in [2.75, 3.05) is 11.9 Å². The van der Waals surface area contributed by atoms with Crippen LogP contribution in [-0.2, 0) is 0 Å². The summed E-state index contributed by atoms with van der Waals surface area (Å²) in [5.41, 5.74) is -0.488. The van der Waals surface area contributed by atoms with E-state index in [1.54, 1.807) is 0 Å². The molecule has 0 radical (unpaired) electrons. The first kappa shape index (κ1) is 16.9. The van der Waals surface area contributed by atoms with Gasteiger partial charge >= 0.3 is 6.03 Å². The Morgan fingerprint density at radius 1 is 1.29 bits per heavy atom. The van der Waals surface area contributed by atoms with Gasteiger partial charge in [0.05, 0.1) is 11.0 Å². The maximum absolute atomic E-state index is 13.0. The van der Waals surface area contributed by atoms with Crippen LogP contribution in [0.3, 0.4) is 0 Å². The van der Waals surface area contributed by atoms with Gasteiger partial charge < -0.3 is 10.6 Å². The summed E-state index contributed by atoms with van der Waals surface area (Å²) in [4.78, 5) is 21.7. The number of halogens is 1. The van der Waals surface area contributed by atoms with Crippen molar-refractivity contribution in [3.8, 4) is 0 Å². The molecule has 2 amide bonds. The highest BCUT2D eigenvalue weighted by molar-refractivity contribution is 5.91. The minimum absolute atomic E-state index is 0.0233. The van der Waals surface area contributed by atoms with Crippen LogP contribution in [-0.4, -0.2) is 17.5 Å². The third kappa shape index (κ3) is 6.20. The van der Waals surface area contributed by atoms with Gasteiger partial charge in [0, 0.05) is 6.54 Å². The van der Waals surface area contributed by atoms with Crippen molar-refractivity contribution in [2.24, 2.45) is 0 Å². The van der Waals surface area contributed by atoms with E-state index in [0.29, 0.717) is 6.54 Å². The molecule has 0 atom stereocenters. The number of hydrogen-bond donors (Lipinski definition) is 2. The molecule has 0 spiro atoms. The number of nitro benzene ring substituents is 1. The highest BCUT2D eigenvalue weighted by Crippen LogP contribution is 2.24. The number of urea groups is 1. The summed E-state index contributed by atoms with van der Waals surface area (Å²) in [5.74, 6) is -0.719. The van der Waals surface area contributed by atoms with Crippen LogP contribution in [0.25, 0.3) is 0 Å². The zero-order chi connectivity index (χ0) is 15.7. The number of rotatable bonds is 8. The van der Waals surface area contributed by atoms with Gasteiger partial charge in [0.2, 0.25) is 0 Å². The van der Waals surface area contributed by atoms with E-state index < -0.39 is 22.5 Å². The van der Waals surface area contributed by atoms with Crippen molar-refractivity contribution < 1.29 is 14.1 Å². The predicted molar refractivity (Wildman–Crippen MR) is 78.8 cm³/mol. The topological polar surface area (TPSA) is 84.3 Å². The van der Waals surface area contributed by atoms with Gasteiger partial charge in [0.25, 0.3) is 5.69 Å². The van der Waals surface area contributed by atoms with Crippen molar-refractivity contribution in [1.82, 2.24) is 5.32 Å². The molecule has 0 aliphatic rings. The number of carbonyl (C=O) groups excluding carboxylic acids is 1. The Balaban J connectivity index is 2.43. The number of nitrogens with one attached hydrogen (secondary N) is 2. The molecule has 116 valence electrons. The molecule has 2 N–H and O–H groups in total. The van der Waals surface area contributed by atoms with Gasteiger partial charge in [-0.3, -0.25) is 10.1 Å². The molecule has 7 heteroatoms. The summed E-state index contributed by atoms with van der Waals surface area (Å²) in [7, 11) is 0. The number of nitro groups is 1. The normalized spacial score (nSPS) is 10.2. The zero-order valence-corrected chi connectivity index (χ0v) is 12.0. The van der Waals surface area contributed by atoms with Crippen LogP contribution in [0.4, 0.5) is 20.6 Å². The van der Waals surface area contributed by atoms with Gasteiger partial charge in [-0.15, -0.1) is 0 Å². The van der Waals surface area contributed by atoms with Crippen LogP contribution in [0.5, 0.6) is 0 Å². The molecule has 0 aromatic heterocycles. The van der Waals surface area contributed by atoms with Gasteiger partial charge in [-0.2, -0.15) is 0 Å². The molecular weight excluding hydrogens is 277 g/mol. The predicted octanol–water partition coefficient (Wildman–Crippen LogP) is 3.83. The second-order valence-electron chi connectivity index (χ2n) is 4.71. The number of benzene rings is 1. The van der Waals surface area contributed by atoms with Crippen molar-refractivity contribution >= 4 is 17.4 Å². The fourth-order valence-corrected chi connectivity index (χ4v) is 1.86. The van der Waals surface area contributed by atoms with E-state index in [1.165, 1.54) is 12.5 Å². The Kier molecular flexibility index (Phi) is 7.14. The fourth-order valence-electron chi connectivity index (χ4n) is 1.86. The first-order valence-corrected chi connectivity index (χ1v) is 7.03. The Morgan fingerprint density at radius 3 is 2.67 bits per heavy atom. The molecule has 1 rings (SSSR count). The van der Waals surface area contributed by atoms with E-state index in [0.717, 1.165) is 37.8 Å². The average molecular weight is 297 g/mol. The standard InChI is InChI=1S/C14H20FN3O3/c1-2-3-4-5-6-9-16-14(19)17-12-8-7-11(15)10-13(12)18(20)21/h7-8,10H,2-6,9H2,1H3,(H2,16,17,19). The molecule has 1 aromatic rings. The van der Waals surface area contributed by atoms with Crippen LogP contribution >= 0.6 is 0 Å². The van der Waals surface area contributed by atoms with E-state index in [2.05, 4.69) is 17.6 Å². The molecule has 21 heavy (non-hydrogen) atoms. The SMILES string of the molecule is CCCCCCCNC(=O)Nc1ccc(F)cc1[N+](=O)[O-].